The number of rotatable bonds is 5. The van der Waals surface area contributed by atoms with E-state index >= 15 is 0 Å². The molecule has 0 radical (unpaired) electrons. The molecule has 0 spiro atoms. The first kappa shape index (κ1) is 18.4. The van der Waals surface area contributed by atoms with Gasteiger partial charge in [0.05, 0.1) is 11.8 Å². The second-order valence-electron chi connectivity index (χ2n) is 7.48. The number of carbonyl (C=O) groups is 4. The molecule has 4 rings (SSSR count). The molecule has 1 aliphatic carbocycles. The highest BCUT2D eigenvalue weighted by molar-refractivity contribution is 6.06. The minimum atomic E-state index is -0.263. The zero-order chi connectivity index (χ0) is 19.7. The standard InChI is InChI=1S/C21H23N3O4/c25-18(11-13-24-20(27)16-4-1-2-5-17(16)21(24)28)22-14-7-9-15(10-8-14)23-12-3-6-19(23)26/h1-2,7-10,16-17H,3-6,11-13H2,(H,22,25)/t16-,17+. The Kier molecular flexibility index (Phi) is 4.98. The molecule has 28 heavy (non-hydrogen) atoms. The Bertz CT molecular complexity index is 820. The molecule has 7 nitrogen and oxygen atoms in total. The maximum Gasteiger partial charge on any atom is 0.233 e. The van der Waals surface area contributed by atoms with E-state index in [4.69, 9.17) is 0 Å². The minimum absolute atomic E-state index is 0.0662. The van der Waals surface area contributed by atoms with E-state index in [1.807, 2.05) is 24.3 Å². The number of hydrogen-bond acceptors (Lipinski definition) is 4. The molecule has 7 heteroatoms. The Morgan fingerprint density at radius 2 is 1.64 bits per heavy atom. The number of imide groups is 1. The molecule has 2 fully saturated rings. The number of fused-ring (bicyclic) bond motifs is 1. The summed E-state index contributed by atoms with van der Waals surface area (Å²) in [7, 11) is 0. The van der Waals surface area contributed by atoms with Crippen molar-refractivity contribution in [2.24, 2.45) is 11.8 Å². The SMILES string of the molecule is O=C(CCN1C(=O)[C@H]2CC=CC[C@H]2C1=O)Nc1ccc(N2CCCC2=O)cc1. The molecule has 1 N–H and O–H groups in total. The monoisotopic (exact) mass is 381 g/mol. The molecule has 2 aliphatic heterocycles. The Labute approximate surface area is 163 Å². The summed E-state index contributed by atoms with van der Waals surface area (Å²) in [6.45, 7) is 0.830. The van der Waals surface area contributed by atoms with Crippen LogP contribution in [0.3, 0.4) is 0 Å². The van der Waals surface area contributed by atoms with Crippen molar-refractivity contribution >= 4 is 35.0 Å². The summed E-state index contributed by atoms with van der Waals surface area (Å²) in [5, 5.41) is 2.78. The van der Waals surface area contributed by atoms with Crippen molar-refractivity contribution in [2.75, 3.05) is 23.3 Å². The zero-order valence-electron chi connectivity index (χ0n) is 15.6. The topological polar surface area (TPSA) is 86.8 Å². The van der Waals surface area contributed by atoms with Gasteiger partial charge in [-0.2, -0.15) is 0 Å². The first-order valence-corrected chi connectivity index (χ1v) is 9.75. The van der Waals surface area contributed by atoms with Crippen LogP contribution in [0.15, 0.2) is 36.4 Å². The second-order valence-corrected chi connectivity index (χ2v) is 7.48. The van der Waals surface area contributed by atoms with Gasteiger partial charge in [-0.05, 0) is 43.5 Å². The van der Waals surface area contributed by atoms with Crippen LogP contribution in [0.4, 0.5) is 11.4 Å². The smallest absolute Gasteiger partial charge is 0.233 e. The van der Waals surface area contributed by atoms with Crippen molar-refractivity contribution in [3.63, 3.8) is 0 Å². The lowest BCUT2D eigenvalue weighted by Gasteiger charge is -2.16. The summed E-state index contributed by atoms with van der Waals surface area (Å²) in [6.07, 6.45) is 6.60. The average Bonchev–Trinajstić information content (AvgIpc) is 3.23. The number of carbonyl (C=O) groups excluding carboxylic acids is 4. The van der Waals surface area contributed by atoms with Gasteiger partial charge in [-0.15, -0.1) is 0 Å². The third kappa shape index (κ3) is 3.44. The summed E-state index contributed by atoms with van der Waals surface area (Å²) in [6, 6.07) is 7.13. The molecule has 1 aromatic carbocycles. The first-order chi connectivity index (χ1) is 13.5. The first-order valence-electron chi connectivity index (χ1n) is 9.75. The summed E-state index contributed by atoms with van der Waals surface area (Å²) in [4.78, 5) is 51.9. The van der Waals surface area contributed by atoms with Gasteiger partial charge >= 0.3 is 0 Å². The maximum atomic E-state index is 12.4. The number of anilines is 2. The highest BCUT2D eigenvalue weighted by Crippen LogP contribution is 2.35. The van der Waals surface area contributed by atoms with Gasteiger partial charge in [0.1, 0.15) is 0 Å². The molecule has 0 bridgehead atoms. The van der Waals surface area contributed by atoms with E-state index < -0.39 is 0 Å². The van der Waals surface area contributed by atoms with Crippen molar-refractivity contribution < 1.29 is 19.2 Å². The lowest BCUT2D eigenvalue weighted by Crippen LogP contribution is -2.34. The van der Waals surface area contributed by atoms with Gasteiger partial charge < -0.3 is 10.2 Å². The van der Waals surface area contributed by atoms with Crippen LogP contribution in [-0.4, -0.2) is 41.6 Å². The van der Waals surface area contributed by atoms with Gasteiger partial charge in [-0.1, -0.05) is 12.2 Å². The van der Waals surface area contributed by atoms with Gasteiger partial charge in [0.25, 0.3) is 0 Å². The molecule has 0 aromatic heterocycles. The van der Waals surface area contributed by atoms with Crippen molar-refractivity contribution in [3.8, 4) is 0 Å². The fourth-order valence-electron chi connectivity index (χ4n) is 4.17. The number of nitrogens with zero attached hydrogens (tertiary/aromatic N) is 2. The predicted molar refractivity (Wildman–Crippen MR) is 103 cm³/mol. The summed E-state index contributed by atoms with van der Waals surface area (Å²) < 4.78 is 0. The van der Waals surface area contributed by atoms with E-state index in [9.17, 15) is 19.2 Å². The molecule has 0 saturated carbocycles. The van der Waals surface area contributed by atoms with Crippen molar-refractivity contribution in [1.29, 1.82) is 0 Å². The van der Waals surface area contributed by atoms with E-state index in [1.165, 1.54) is 4.90 Å². The number of allylic oxidation sites excluding steroid dienone is 2. The Balaban J connectivity index is 1.31. The molecule has 2 heterocycles. The maximum absolute atomic E-state index is 12.4. The van der Waals surface area contributed by atoms with Crippen LogP contribution in [0.2, 0.25) is 0 Å². The van der Waals surface area contributed by atoms with E-state index in [1.54, 1.807) is 17.0 Å². The molecule has 146 valence electrons. The van der Waals surface area contributed by atoms with Crippen molar-refractivity contribution in [3.05, 3.63) is 36.4 Å². The lowest BCUT2D eigenvalue weighted by atomic mass is 9.85. The fraction of sp³-hybridized carbons (Fsp3) is 0.429. The number of likely N-dealkylation sites (tertiary alicyclic amines) is 1. The third-order valence-electron chi connectivity index (χ3n) is 5.70. The van der Waals surface area contributed by atoms with Crippen LogP contribution in [0.5, 0.6) is 0 Å². The van der Waals surface area contributed by atoms with Gasteiger partial charge in [0, 0.05) is 37.3 Å². The molecular weight excluding hydrogens is 358 g/mol. The van der Waals surface area contributed by atoms with Crippen molar-refractivity contribution in [2.45, 2.75) is 32.1 Å². The second kappa shape index (κ2) is 7.58. The molecule has 0 unspecified atom stereocenters. The van der Waals surface area contributed by atoms with E-state index in [0.717, 1.165) is 18.7 Å². The van der Waals surface area contributed by atoms with Crippen LogP contribution in [0, 0.1) is 11.8 Å². The van der Waals surface area contributed by atoms with E-state index in [2.05, 4.69) is 5.32 Å². The fourth-order valence-corrected chi connectivity index (χ4v) is 4.17. The molecular formula is C21H23N3O4. The van der Waals surface area contributed by atoms with Crippen LogP contribution in [-0.2, 0) is 19.2 Å². The van der Waals surface area contributed by atoms with E-state index in [0.29, 0.717) is 24.9 Å². The minimum Gasteiger partial charge on any atom is -0.326 e. The Morgan fingerprint density at radius 1 is 1.00 bits per heavy atom. The Hall–Kier alpha value is -2.96. The quantitative estimate of drug-likeness (QED) is 0.625. The molecule has 1 aromatic rings. The zero-order valence-corrected chi connectivity index (χ0v) is 15.6. The number of nitrogens with one attached hydrogen (secondary N) is 1. The average molecular weight is 381 g/mol. The summed E-state index contributed by atoms with van der Waals surface area (Å²) in [5.41, 5.74) is 1.45. The highest BCUT2D eigenvalue weighted by atomic mass is 16.2. The largest absolute Gasteiger partial charge is 0.326 e. The number of amides is 4. The number of benzene rings is 1. The van der Waals surface area contributed by atoms with Crippen LogP contribution >= 0.6 is 0 Å². The summed E-state index contributed by atoms with van der Waals surface area (Å²) in [5.74, 6) is -0.979. The predicted octanol–water partition coefficient (Wildman–Crippen LogP) is 2.09. The van der Waals surface area contributed by atoms with Gasteiger partial charge in [0.2, 0.25) is 23.6 Å². The molecule has 2 atom stereocenters. The third-order valence-corrected chi connectivity index (χ3v) is 5.70. The normalized spacial score (nSPS) is 24.1. The molecule has 2 saturated heterocycles. The molecule has 4 amide bonds. The molecule has 3 aliphatic rings. The lowest BCUT2D eigenvalue weighted by molar-refractivity contribution is -0.140. The van der Waals surface area contributed by atoms with E-state index in [-0.39, 0.29) is 48.4 Å². The van der Waals surface area contributed by atoms with Crippen molar-refractivity contribution in [1.82, 2.24) is 4.90 Å². The van der Waals surface area contributed by atoms with Gasteiger partial charge in [-0.25, -0.2) is 0 Å². The van der Waals surface area contributed by atoms with Crippen LogP contribution < -0.4 is 10.2 Å². The van der Waals surface area contributed by atoms with Gasteiger partial charge in [-0.3, -0.25) is 24.1 Å². The summed E-state index contributed by atoms with van der Waals surface area (Å²) >= 11 is 0. The van der Waals surface area contributed by atoms with Gasteiger partial charge in [0.15, 0.2) is 0 Å². The van der Waals surface area contributed by atoms with Crippen LogP contribution in [0.1, 0.15) is 32.1 Å². The Morgan fingerprint density at radius 3 is 2.21 bits per heavy atom. The van der Waals surface area contributed by atoms with Crippen LogP contribution in [0.25, 0.3) is 0 Å². The highest BCUT2D eigenvalue weighted by Gasteiger charge is 2.46. The number of hydrogen-bond donors (Lipinski definition) is 1.